The van der Waals surface area contributed by atoms with Gasteiger partial charge in [0.05, 0.1) is 32.3 Å². The summed E-state index contributed by atoms with van der Waals surface area (Å²) in [5.41, 5.74) is 2.46. The van der Waals surface area contributed by atoms with Crippen molar-refractivity contribution in [1.29, 1.82) is 0 Å². The number of hydrogen-bond acceptors (Lipinski definition) is 4. The number of fused-ring (bicyclic) bond motifs is 1. The molecule has 1 aliphatic carbocycles. The highest BCUT2D eigenvalue weighted by Gasteiger charge is 2.28. The number of imidazole rings is 1. The van der Waals surface area contributed by atoms with Crippen LogP contribution >= 0.6 is 0 Å². The lowest BCUT2D eigenvalue weighted by Crippen LogP contribution is -2.38. The van der Waals surface area contributed by atoms with Crippen molar-refractivity contribution in [3.63, 3.8) is 0 Å². The number of carbonyl (C=O) groups excluding carboxylic acids is 1. The average molecular weight is 369 g/mol. The van der Waals surface area contributed by atoms with E-state index in [1.165, 1.54) is 12.8 Å². The normalized spacial score (nSPS) is 24.9. The van der Waals surface area contributed by atoms with Crippen LogP contribution in [0.2, 0.25) is 0 Å². The molecule has 6 heteroatoms. The SMILES string of the molecule is COc1ccc(C2Cn3cnc(C(=O)NC4CCC(C)CC4)c3CO2)cc1. The van der Waals surface area contributed by atoms with Gasteiger partial charge in [0, 0.05) is 6.04 Å². The Kier molecular flexibility index (Phi) is 5.16. The van der Waals surface area contributed by atoms with Crippen molar-refractivity contribution in [2.45, 2.75) is 57.9 Å². The van der Waals surface area contributed by atoms with E-state index in [0.29, 0.717) is 18.8 Å². The number of aromatic nitrogens is 2. The van der Waals surface area contributed by atoms with Gasteiger partial charge in [0.1, 0.15) is 11.9 Å². The largest absolute Gasteiger partial charge is 0.497 e. The topological polar surface area (TPSA) is 65.4 Å². The van der Waals surface area contributed by atoms with E-state index in [1.54, 1.807) is 13.4 Å². The predicted molar refractivity (Wildman–Crippen MR) is 102 cm³/mol. The van der Waals surface area contributed by atoms with Gasteiger partial charge in [-0.1, -0.05) is 19.1 Å². The molecule has 1 aromatic carbocycles. The summed E-state index contributed by atoms with van der Waals surface area (Å²) < 4.78 is 13.3. The molecule has 0 saturated heterocycles. The Bertz CT molecular complexity index is 792. The van der Waals surface area contributed by atoms with Gasteiger partial charge in [0.2, 0.25) is 0 Å². The molecule has 6 nitrogen and oxygen atoms in total. The minimum Gasteiger partial charge on any atom is -0.497 e. The van der Waals surface area contributed by atoms with Crippen LogP contribution in [-0.2, 0) is 17.9 Å². The summed E-state index contributed by atoms with van der Waals surface area (Å²) in [7, 11) is 1.66. The highest BCUT2D eigenvalue weighted by atomic mass is 16.5. The molecule has 1 aliphatic heterocycles. The Morgan fingerprint density at radius 1 is 1.22 bits per heavy atom. The number of rotatable bonds is 4. The predicted octanol–water partition coefficient (Wildman–Crippen LogP) is 3.47. The van der Waals surface area contributed by atoms with Crippen LogP contribution in [0, 0.1) is 5.92 Å². The van der Waals surface area contributed by atoms with Crippen LogP contribution < -0.4 is 10.1 Å². The molecule has 4 rings (SSSR count). The van der Waals surface area contributed by atoms with Gasteiger partial charge in [0.25, 0.3) is 5.91 Å². The summed E-state index contributed by atoms with van der Waals surface area (Å²) >= 11 is 0. The molecule has 2 aromatic rings. The number of ether oxygens (including phenoxy) is 2. The molecule has 144 valence electrons. The van der Waals surface area contributed by atoms with E-state index in [9.17, 15) is 4.79 Å². The molecule has 2 aliphatic rings. The molecule has 1 N–H and O–H groups in total. The maximum Gasteiger partial charge on any atom is 0.272 e. The Balaban J connectivity index is 1.42. The van der Waals surface area contributed by atoms with E-state index in [4.69, 9.17) is 9.47 Å². The molecule has 0 radical (unpaired) electrons. The average Bonchev–Trinajstić information content (AvgIpc) is 3.13. The monoisotopic (exact) mass is 369 g/mol. The molecule has 0 bridgehead atoms. The zero-order valence-corrected chi connectivity index (χ0v) is 16.0. The summed E-state index contributed by atoms with van der Waals surface area (Å²) in [6.45, 7) is 3.32. The van der Waals surface area contributed by atoms with E-state index < -0.39 is 0 Å². The highest BCUT2D eigenvalue weighted by Crippen LogP contribution is 2.29. The van der Waals surface area contributed by atoms with Gasteiger partial charge in [-0.05, 0) is 49.3 Å². The van der Waals surface area contributed by atoms with E-state index in [1.807, 2.05) is 28.8 Å². The lowest BCUT2D eigenvalue weighted by molar-refractivity contribution is 0.00253. The molecule has 1 aromatic heterocycles. The van der Waals surface area contributed by atoms with Crippen molar-refractivity contribution in [2.75, 3.05) is 7.11 Å². The molecule has 1 fully saturated rings. The van der Waals surface area contributed by atoms with Gasteiger partial charge < -0.3 is 19.4 Å². The van der Waals surface area contributed by atoms with E-state index >= 15 is 0 Å². The number of carbonyl (C=O) groups is 1. The van der Waals surface area contributed by atoms with Crippen molar-refractivity contribution in [3.8, 4) is 5.75 Å². The zero-order chi connectivity index (χ0) is 18.8. The maximum atomic E-state index is 12.7. The summed E-state index contributed by atoms with van der Waals surface area (Å²) in [5, 5.41) is 3.16. The second kappa shape index (κ2) is 7.72. The minimum atomic E-state index is -0.0743. The van der Waals surface area contributed by atoms with E-state index in [0.717, 1.165) is 35.8 Å². The van der Waals surface area contributed by atoms with Gasteiger partial charge in [-0.25, -0.2) is 4.98 Å². The van der Waals surface area contributed by atoms with Crippen LogP contribution in [0.5, 0.6) is 5.75 Å². The summed E-state index contributed by atoms with van der Waals surface area (Å²) in [6, 6.07) is 8.17. The van der Waals surface area contributed by atoms with Crippen molar-refractivity contribution in [2.24, 2.45) is 5.92 Å². The molecule has 27 heavy (non-hydrogen) atoms. The van der Waals surface area contributed by atoms with Gasteiger partial charge in [-0.15, -0.1) is 0 Å². The van der Waals surface area contributed by atoms with Crippen LogP contribution in [0.4, 0.5) is 0 Å². The Hall–Kier alpha value is -2.34. The first-order valence-electron chi connectivity index (χ1n) is 9.74. The number of benzene rings is 1. The third-order valence-corrected chi connectivity index (χ3v) is 5.78. The number of methoxy groups -OCH3 is 1. The van der Waals surface area contributed by atoms with Crippen molar-refractivity contribution in [3.05, 3.63) is 47.5 Å². The van der Waals surface area contributed by atoms with Gasteiger partial charge in [-0.3, -0.25) is 4.79 Å². The lowest BCUT2D eigenvalue weighted by atomic mass is 9.87. The zero-order valence-electron chi connectivity index (χ0n) is 16.0. The summed E-state index contributed by atoms with van der Waals surface area (Å²) in [5.74, 6) is 1.52. The number of nitrogens with zero attached hydrogens (tertiary/aromatic N) is 2. The molecular formula is C21H27N3O3. The van der Waals surface area contributed by atoms with Crippen molar-refractivity contribution in [1.82, 2.24) is 14.9 Å². The molecule has 2 heterocycles. The number of hydrogen-bond donors (Lipinski definition) is 1. The van der Waals surface area contributed by atoms with Crippen LogP contribution in [0.1, 0.15) is 60.5 Å². The lowest BCUT2D eigenvalue weighted by Gasteiger charge is -2.27. The van der Waals surface area contributed by atoms with E-state index in [2.05, 4.69) is 17.2 Å². The summed E-state index contributed by atoms with van der Waals surface area (Å²) in [6.07, 6.45) is 6.18. The minimum absolute atomic E-state index is 0.0478. The van der Waals surface area contributed by atoms with Gasteiger partial charge in [0.15, 0.2) is 5.69 Å². The van der Waals surface area contributed by atoms with Crippen molar-refractivity contribution < 1.29 is 14.3 Å². The highest BCUT2D eigenvalue weighted by molar-refractivity contribution is 5.93. The van der Waals surface area contributed by atoms with Crippen molar-refractivity contribution >= 4 is 5.91 Å². The Labute approximate surface area is 159 Å². The smallest absolute Gasteiger partial charge is 0.272 e. The molecule has 1 atom stereocenters. The Morgan fingerprint density at radius 3 is 2.67 bits per heavy atom. The van der Waals surface area contributed by atoms with Gasteiger partial charge in [-0.2, -0.15) is 0 Å². The molecule has 1 saturated carbocycles. The number of nitrogens with one attached hydrogen (secondary N) is 1. The van der Waals surface area contributed by atoms with Gasteiger partial charge >= 0.3 is 0 Å². The maximum absolute atomic E-state index is 12.7. The molecule has 0 spiro atoms. The fourth-order valence-corrected chi connectivity index (χ4v) is 4.00. The van der Waals surface area contributed by atoms with Crippen LogP contribution in [0.25, 0.3) is 0 Å². The molecule has 1 unspecified atom stereocenters. The third kappa shape index (κ3) is 3.86. The van der Waals surface area contributed by atoms with Crippen LogP contribution in [0.3, 0.4) is 0 Å². The second-order valence-corrected chi connectivity index (χ2v) is 7.70. The Morgan fingerprint density at radius 2 is 1.96 bits per heavy atom. The fourth-order valence-electron chi connectivity index (χ4n) is 4.00. The first-order chi connectivity index (χ1) is 13.1. The first-order valence-corrected chi connectivity index (χ1v) is 9.74. The standard InChI is InChI=1S/C21H27N3O3/c1-14-3-7-16(8-4-14)23-21(25)20-18-12-27-19(11-24(18)13-22-20)15-5-9-17(26-2)10-6-15/h5-6,9-10,13-14,16,19H,3-4,7-8,11-12H2,1-2H3,(H,23,25). The third-order valence-electron chi connectivity index (χ3n) is 5.78. The fraction of sp³-hybridized carbons (Fsp3) is 0.524. The molecular weight excluding hydrogens is 342 g/mol. The van der Waals surface area contributed by atoms with Crippen LogP contribution in [0.15, 0.2) is 30.6 Å². The molecule has 1 amide bonds. The van der Waals surface area contributed by atoms with Crippen LogP contribution in [-0.4, -0.2) is 28.6 Å². The summed E-state index contributed by atoms with van der Waals surface area (Å²) in [4.78, 5) is 17.1. The van der Waals surface area contributed by atoms with E-state index in [-0.39, 0.29) is 18.1 Å². The first kappa shape index (κ1) is 18.0. The quantitative estimate of drug-likeness (QED) is 0.896. The second-order valence-electron chi connectivity index (χ2n) is 7.70. The number of amides is 1.